The Bertz CT molecular complexity index is 548. The third-order valence-corrected chi connectivity index (χ3v) is 2.94. The van der Waals surface area contributed by atoms with Gasteiger partial charge >= 0.3 is 0 Å². The first kappa shape index (κ1) is 11.0. The van der Waals surface area contributed by atoms with Crippen LogP contribution in [0.4, 0.5) is 0 Å². The number of aryl methyl sites for hydroxylation is 2. The maximum atomic E-state index is 11.0. The molecule has 0 N–H and O–H groups in total. The van der Waals surface area contributed by atoms with Crippen LogP contribution in [0.25, 0.3) is 5.69 Å². The molecule has 0 atom stereocenters. The molecule has 0 bridgehead atoms. The maximum absolute atomic E-state index is 11.0. The van der Waals surface area contributed by atoms with Crippen molar-refractivity contribution in [1.29, 1.82) is 0 Å². The van der Waals surface area contributed by atoms with Gasteiger partial charge in [0.05, 0.1) is 11.3 Å². The van der Waals surface area contributed by atoms with Crippen molar-refractivity contribution in [2.75, 3.05) is 0 Å². The maximum Gasteiger partial charge on any atom is 0.153 e. The molecule has 0 radical (unpaired) electrons. The Hall–Kier alpha value is -1.49. The van der Waals surface area contributed by atoms with E-state index in [0.29, 0.717) is 11.4 Å². The van der Waals surface area contributed by atoms with E-state index in [1.54, 1.807) is 4.68 Å². The first-order valence-electron chi connectivity index (χ1n) is 4.78. The lowest BCUT2D eigenvalue weighted by atomic mass is 10.2. The molecule has 0 spiro atoms. The Kier molecular flexibility index (Phi) is 2.87. The molecule has 0 saturated carbocycles. The Labute approximate surface area is 101 Å². The highest BCUT2D eigenvalue weighted by Gasteiger charge is 2.11. The normalized spacial score (nSPS) is 10.4. The minimum Gasteiger partial charge on any atom is -0.298 e. The summed E-state index contributed by atoms with van der Waals surface area (Å²) in [5.74, 6) is 1.45. The van der Waals surface area contributed by atoms with Gasteiger partial charge in [0.25, 0.3) is 0 Å². The molecule has 0 fully saturated rings. The van der Waals surface area contributed by atoms with Crippen LogP contribution in [0.1, 0.15) is 22.0 Å². The molecule has 2 aromatic rings. The van der Waals surface area contributed by atoms with Gasteiger partial charge in [0.15, 0.2) is 6.29 Å². The molecular weight excluding hydrogens is 270 g/mol. The molecule has 16 heavy (non-hydrogen) atoms. The second-order valence-corrected chi connectivity index (χ2v) is 4.26. The number of halogens is 1. The predicted octanol–water partition coefficient (Wildman–Crippen LogP) is 2.46. The van der Waals surface area contributed by atoms with E-state index in [0.717, 1.165) is 22.3 Å². The van der Waals surface area contributed by atoms with Gasteiger partial charge in [0, 0.05) is 4.47 Å². The van der Waals surface area contributed by atoms with Crippen LogP contribution < -0.4 is 0 Å². The number of carbonyl (C=O) groups excluding carboxylic acids is 1. The summed E-state index contributed by atoms with van der Waals surface area (Å²) in [6.45, 7) is 3.68. The minimum atomic E-state index is 0.579. The SMILES string of the molecule is Cc1nc(C)n(-c2cccc(Br)c2C=O)n1. The Morgan fingerprint density at radius 1 is 1.38 bits per heavy atom. The fraction of sp³-hybridized carbons (Fsp3) is 0.182. The van der Waals surface area contributed by atoms with Gasteiger partial charge in [0.1, 0.15) is 11.6 Å². The van der Waals surface area contributed by atoms with E-state index in [1.807, 2.05) is 32.0 Å². The second kappa shape index (κ2) is 4.17. The lowest BCUT2D eigenvalue weighted by Crippen LogP contribution is -2.03. The molecule has 0 aliphatic rings. The lowest BCUT2D eigenvalue weighted by Gasteiger charge is -2.07. The van der Waals surface area contributed by atoms with Crippen molar-refractivity contribution in [3.63, 3.8) is 0 Å². The monoisotopic (exact) mass is 279 g/mol. The Morgan fingerprint density at radius 2 is 2.12 bits per heavy atom. The molecule has 1 aromatic heterocycles. The van der Waals surface area contributed by atoms with Crippen LogP contribution in [0, 0.1) is 13.8 Å². The van der Waals surface area contributed by atoms with Crippen molar-refractivity contribution in [1.82, 2.24) is 14.8 Å². The van der Waals surface area contributed by atoms with Crippen LogP contribution in [0.15, 0.2) is 22.7 Å². The molecule has 1 heterocycles. The number of benzene rings is 1. The number of hydrogen-bond acceptors (Lipinski definition) is 3. The Morgan fingerprint density at radius 3 is 2.69 bits per heavy atom. The van der Waals surface area contributed by atoms with Gasteiger partial charge in [-0.2, -0.15) is 5.10 Å². The zero-order valence-electron chi connectivity index (χ0n) is 8.94. The van der Waals surface area contributed by atoms with Gasteiger partial charge in [-0.25, -0.2) is 9.67 Å². The van der Waals surface area contributed by atoms with Crippen molar-refractivity contribution < 1.29 is 4.79 Å². The zero-order chi connectivity index (χ0) is 11.7. The van der Waals surface area contributed by atoms with Gasteiger partial charge < -0.3 is 0 Å². The van der Waals surface area contributed by atoms with Crippen molar-refractivity contribution in [3.8, 4) is 5.69 Å². The van der Waals surface area contributed by atoms with E-state index in [2.05, 4.69) is 26.0 Å². The van der Waals surface area contributed by atoms with Crippen molar-refractivity contribution in [2.24, 2.45) is 0 Å². The smallest absolute Gasteiger partial charge is 0.153 e. The number of nitrogens with zero attached hydrogens (tertiary/aromatic N) is 3. The quantitative estimate of drug-likeness (QED) is 0.794. The highest BCUT2D eigenvalue weighted by molar-refractivity contribution is 9.10. The molecule has 0 amide bonds. The number of rotatable bonds is 2. The van der Waals surface area contributed by atoms with Crippen LogP contribution >= 0.6 is 15.9 Å². The summed E-state index contributed by atoms with van der Waals surface area (Å²) in [7, 11) is 0. The molecule has 1 aromatic carbocycles. The number of carbonyl (C=O) groups is 1. The van der Waals surface area contributed by atoms with Crippen LogP contribution in [-0.4, -0.2) is 21.1 Å². The summed E-state index contributed by atoms with van der Waals surface area (Å²) in [6, 6.07) is 5.53. The standard InChI is InChI=1S/C11H10BrN3O/c1-7-13-8(2)15(14-7)11-5-3-4-10(12)9(11)6-16/h3-6H,1-2H3. The minimum absolute atomic E-state index is 0.579. The van der Waals surface area contributed by atoms with Gasteiger partial charge in [-0.1, -0.05) is 6.07 Å². The number of hydrogen-bond donors (Lipinski definition) is 0. The second-order valence-electron chi connectivity index (χ2n) is 3.41. The highest BCUT2D eigenvalue weighted by Crippen LogP contribution is 2.22. The molecule has 5 heteroatoms. The Balaban J connectivity index is 2.68. The summed E-state index contributed by atoms with van der Waals surface area (Å²) in [5, 5.41) is 4.26. The van der Waals surface area contributed by atoms with E-state index < -0.39 is 0 Å². The fourth-order valence-corrected chi connectivity index (χ4v) is 2.03. The third-order valence-electron chi connectivity index (χ3n) is 2.25. The lowest BCUT2D eigenvalue weighted by molar-refractivity contribution is 0.112. The summed E-state index contributed by atoms with van der Waals surface area (Å²) in [4.78, 5) is 15.3. The topological polar surface area (TPSA) is 47.8 Å². The summed E-state index contributed by atoms with van der Waals surface area (Å²) in [6.07, 6.45) is 0.815. The van der Waals surface area contributed by atoms with E-state index in [1.165, 1.54) is 0 Å². The average molecular weight is 280 g/mol. The van der Waals surface area contributed by atoms with Crippen molar-refractivity contribution in [2.45, 2.75) is 13.8 Å². The van der Waals surface area contributed by atoms with Crippen molar-refractivity contribution in [3.05, 3.63) is 39.9 Å². The molecule has 0 aliphatic heterocycles. The van der Waals surface area contributed by atoms with E-state index in [9.17, 15) is 4.79 Å². The van der Waals surface area contributed by atoms with Crippen molar-refractivity contribution >= 4 is 22.2 Å². The van der Waals surface area contributed by atoms with E-state index in [-0.39, 0.29) is 0 Å². The summed E-state index contributed by atoms with van der Waals surface area (Å²) >= 11 is 3.34. The first-order valence-corrected chi connectivity index (χ1v) is 5.57. The van der Waals surface area contributed by atoms with Gasteiger partial charge in [-0.05, 0) is 41.9 Å². The predicted molar refractivity (Wildman–Crippen MR) is 63.9 cm³/mol. The first-order chi connectivity index (χ1) is 7.63. The summed E-state index contributed by atoms with van der Waals surface area (Å²) < 4.78 is 2.43. The zero-order valence-corrected chi connectivity index (χ0v) is 10.5. The van der Waals surface area contributed by atoms with Crippen LogP contribution in [0.2, 0.25) is 0 Å². The van der Waals surface area contributed by atoms with Gasteiger partial charge in [0.2, 0.25) is 0 Å². The third kappa shape index (κ3) is 1.78. The van der Waals surface area contributed by atoms with Gasteiger partial charge in [-0.3, -0.25) is 4.79 Å². The van der Waals surface area contributed by atoms with Crippen LogP contribution in [-0.2, 0) is 0 Å². The van der Waals surface area contributed by atoms with E-state index >= 15 is 0 Å². The number of aromatic nitrogens is 3. The van der Waals surface area contributed by atoms with Gasteiger partial charge in [-0.15, -0.1) is 0 Å². The molecule has 4 nitrogen and oxygen atoms in total. The number of aldehydes is 1. The highest BCUT2D eigenvalue weighted by atomic mass is 79.9. The van der Waals surface area contributed by atoms with E-state index in [4.69, 9.17) is 0 Å². The van der Waals surface area contributed by atoms with Crippen LogP contribution in [0.3, 0.4) is 0 Å². The molecule has 2 rings (SSSR count). The average Bonchev–Trinajstić information content (AvgIpc) is 2.57. The molecule has 0 aliphatic carbocycles. The van der Waals surface area contributed by atoms with Crippen LogP contribution in [0.5, 0.6) is 0 Å². The largest absolute Gasteiger partial charge is 0.298 e. The summed E-state index contributed by atoms with van der Waals surface area (Å²) in [5.41, 5.74) is 1.32. The molecule has 0 unspecified atom stereocenters. The molecule has 0 saturated heterocycles. The fourth-order valence-electron chi connectivity index (χ4n) is 1.58. The molecular formula is C11H10BrN3O. The molecule has 82 valence electrons.